The van der Waals surface area contributed by atoms with Gasteiger partial charge in [0.25, 0.3) is 0 Å². The molecule has 0 saturated heterocycles. The van der Waals surface area contributed by atoms with Crippen molar-refractivity contribution >= 4 is 5.78 Å². The summed E-state index contributed by atoms with van der Waals surface area (Å²) in [4.78, 5) is 25.5. The summed E-state index contributed by atoms with van der Waals surface area (Å²) in [5, 5.41) is 3.14. The number of rotatable bonds is 23. The summed E-state index contributed by atoms with van der Waals surface area (Å²) in [7, 11) is 1.66. The van der Waals surface area contributed by atoms with Crippen molar-refractivity contribution in [1.82, 2.24) is 0 Å². The van der Waals surface area contributed by atoms with Crippen LogP contribution in [-0.4, -0.2) is 25.0 Å². The SMILES string of the molecule is C=C/C=C\C=C(/C)CC(CCC)(CCC/C(C)=C/C[C@H](CC[C@H](C=C)OC)C(=C)N=O)C(=O)C(N)CC1=C(C)CCC=C1. The molecule has 0 amide bonds. The number of ether oxygens (including phenoxy) is 1. The van der Waals surface area contributed by atoms with Crippen molar-refractivity contribution in [2.45, 2.75) is 117 Å². The fourth-order valence-corrected chi connectivity index (χ4v) is 6.14. The number of nitroso groups, excluding NO2 is 1. The van der Waals surface area contributed by atoms with E-state index >= 15 is 0 Å². The quantitative estimate of drug-likeness (QED) is 0.0729. The minimum Gasteiger partial charge on any atom is -0.377 e. The molecular weight excluding hydrogens is 532 g/mol. The van der Waals surface area contributed by atoms with E-state index in [1.54, 1.807) is 19.3 Å². The van der Waals surface area contributed by atoms with Gasteiger partial charge in [0, 0.05) is 18.4 Å². The summed E-state index contributed by atoms with van der Waals surface area (Å²) < 4.78 is 5.41. The van der Waals surface area contributed by atoms with Crippen LogP contribution in [-0.2, 0) is 9.53 Å². The molecule has 0 aromatic rings. The molecule has 0 heterocycles. The average Bonchev–Trinajstić information content (AvgIpc) is 2.99. The molecule has 1 aliphatic carbocycles. The van der Waals surface area contributed by atoms with Crippen LogP contribution in [0, 0.1) is 16.2 Å². The van der Waals surface area contributed by atoms with Gasteiger partial charge in [-0.3, -0.25) is 4.79 Å². The van der Waals surface area contributed by atoms with E-state index in [0.717, 1.165) is 57.8 Å². The van der Waals surface area contributed by atoms with E-state index in [4.69, 9.17) is 10.5 Å². The number of hydrogen-bond acceptors (Lipinski definition) is 5. The standard InChI is InChI=1S/C38H58N2O3/c1-9-12-13-17-30(5)28-38(25-10-2,37(41)36(39)27-34-20-15-14-19-31(34)6)26-16-18-29(4)21-22-33(32(7)40-42)23-24-35(11-3)43-8/h9,11-13,15,17,20-21,33,35-36H,1,3,7,10,14,16,18-19,22-28,39H2,2,4-6,8H3/b13-12-,29-21+,30-17+/t33-,35+,36?,38?/m1/s1. The lowest BCUT2D eigenvalue weighted by Crippen LogP contribution is -2.44. The monoisotopic (exact) mass is 590 g/mol. The van der Waals surface area contributed by atoms with Gasteiger partial charge in [0.2, 0.25) is 0 Å². The van der Waals surface area contributed by atoms with Crippen LogP contribution in [0.3, 0.4) is 0 Å². The summed E-state index contributed by atoms with van der Waals surface area (Å²) in [5.74, 6) is 0.144. The summed E-state index contributed by atoms with van der Waals surface area (Å²) in [6.45, 7) is 20.0. The molecule has 1 aliphatic rings. The minimum absolute atomic E-state index is 0.0354. The zero-order valence-electron chi connectivity index (χ0n) is 27.7. The molecule has 5 heteroatoms. The van der Waals surface area contributed by atoms with Crippen LogP contribution in [0.1, 0.15) is 105 Å². The molecule has 0 fully saturated rings. The Hall–Kier alpha value is -2.89. The van der Waals surface area contributed by atoms with Gasteiger partial charge in [-0.15, -0.1) is 11.5 Å². The van der Waals surface area contributed by atoms with Gasteiger partial charge >= 0.3 is 0 Å². The summed E-state index contributed by atoms with van der Waals surface area (Å²) >= 11 is 0. The predicted octanol–water partition coefficient (Wildman–Crippen LogP) is 10.2. The summed E-state index contributed by atoms with van der Waals surface area (Å²) in [6.07, 6.45) is 25.9. The van der Waals surface area contributed by atoms with Crippen molar-refractivity contribution in [2.75, 3.05) is 7.11 Å². The third-order valence-electron chi connectivity index (χ3n) is 8.76. The molecular formula is C38H58N2O3. The van der Waals surface area contributed by atoms with Gasteiger partial charge in [-0.2, -0.15) is 0 Å². The van der Waals surface area contributed by atoms with Crippen molar-refractivity contribution in [3.8, 4) is 0 Å². The Bertz CT molecular complexity index is 1090. The molecule has 0 bridgehead atoms. The number of allylic oxidation sites excluding steroid dienone is 11. The molecule has 5 nitrogen and oxygen atoms in total. The van der Waals surface area contributed by atoms with Crippen LogP contribution in [0.4, 0.5) is 0 Å². The van der Waals surface area contributed by atoms with Gasteiger partial charge in [0.05, 0.1) is 17.8 Å². The Morgan fingerprint density at radius 3 is 2.53 bits per heavy atom. The van der Waals surface area contributed by atoms with Crippen LogP contribution in [0.2, 0.25) is 0 Å². The normalized spacial score (nSPS) is 17.8. The largest absolute Gasteiger partial charge is 0.377 e. The van der Waals surface area contributed by atoms with Crippen molar-refractivity contribution in [3.63, 3.8) is 0 Å². The molecule has 0 aromatic heterocycles. The second-order valence-electron chi connectivity index (χ2n) is 12.3. The van der Waals surface area contributed by atoms with Crippen LogP contribution >= 0.6 is 0 Å². The van der Waals surface area contributed by atoms with Crippen molar-refractivity contribution in [1.29, 1.82) is 0 Å². The Morgan fingerprint density at radius 1 is 1.19 bits per heavy atom. The fraction of sp³-hybridized carbons (Fsp3) is 0.553. The van der Waals surface area contributed by atoms with Gasteiger partial charge in [0.15, 0.2) is 5.78 Å². The molecule has 1 rings (SSSR count). The lowest BCUT2D eigenvalue weighted by atomic mass is 9.68. The first-order valence-electron chi connectivity index (χ1n) is 16.0. The highest BCUT2D eigenvalue weighted by molar-refractivity contribution is 5.90. The molecule has 4 atom stereocenters. The van der Waals surface area contributed by atoms with Crippen molar-refractivity contribution < 1.29 is 9.53 Å². The molecule has 0 radical (unpaired) electrons. The zero-order valence-corrected chi connectivity index (χ0v) is 27.7. The minimum atomic E-state index is -0.526. The fourth-order valence-electron chi connectivity index (χ4n) is 6.14. The number of Topliss-reactive ketones (excluding diaryl/α,β-unsaturated/α-hetero) is 1. The van der Waals surface area contributed by atoms with E-state index in [1.807, 2.05) is 12.2 Å². The first-order chi connectivity index (χ1) is 20.6. The molecule has 0 aliphatic heterocycles. The number of hydrogen-bond donors (Lipinski definition) is 1. The lowest BCUT2D eigenvalue weighted by molar-refractivity contribution is -0.131. The second-order valence-corrected chi connectivity index (χ2v) is 12.3. The van der Waals surface area contributed by atoms with E-state index < -0.39 is 11.5 Å². The smallest absolute Gasteiger partial charge is 0.156 e. The maximum Gasteiger partial charge on any atom is 0.156 e. The number of nitrogens with zero attached hydrogens (tertiary/aromatic N) is 1. The van der Waals surface area contributed by atoms with E-state index in [1.165, 1.54) is 22.3 Å². The molecule has 2 N–H and O–H groups in total. The first kappa shape index (κ1) is 38.1. The van der Waals surface area contributed by atoms with E-state index in [2.05, 4.69) is 76.9 Å². The topological polar surface area (TPSA) is 81.8 Å². The number of carbonyl (C=O) groups is 1. The lowest BCUT2D eigenvalue weighted by Gasteiger charge is -2.35. The third kappa shape index (κ3) is 13.5. The number of ketones is 1. The molecule has 0 aromatic carbocycles. The van der Waals surface area contributed by atoms with Gasteiger partial charge in [-0.25, -0.2) is 0 Å². The molecule has 238 valence electrons. The number of carbonyl (C=O) groups excluding carboxylic acids is 1. The zero-order chi connectivity index (χ0) is 32.3. The predicted molar refractivity (Wildman–Crippen MR) is 185 cm³/mol. The molecule has 0 saturated carbocycles. The molecule has 43 heavy (non-hydrogen) atoms. The van der Waals surface area contributed by atoms with Crippen LogP contribution < -0.4 is 5.73 Å². The van der Waals surface area contributed by atoms with Gasteiger partial charge in [-0.05, 0) is 102 Å². The highest BCUT2D eigenvalue weighted by Crippen LogP contribution is 2.40. The average molecular weight is 591 g/mol. The van der Waals surface area contributed by atoms with E-state index in [0.29, 0.717) is 25.0 Å². The Morgan fingerprint density at radius 2 is 1.93 bits per heavy atom. The highest BCUT2D eigenvalue weighted by atomic mass is 16.5. The first-order valence-corrected chi connectivity index (χ1v) is 16.0. The van der Waals surface area contributed by atoms with E-state index in [-0.39, 0.29) is 17.8 Å². The van der Waals surface area contributed by atoms with Gasteiger partial charge < -0.3 is 10.5 Å². The summed E-state index contributed by atoms with van der Waals surface area (Å²) in [6, 6.07) is -0.526. The van der Waals surface area contributed by atoms with Crippen LogP contribution in [0.5, 0.6) is 0 Å². The number of methoxy groups -OCH3 is 1. The maximum atomic E-state index is 14.3. The van der Waals surface area contributed by atoms with Crippen molar-refractivity contribution in [2.24, 2.45) is 22.2 Å². The maximum absolute atomic E-state index is 14.3. The van der Waals surface area contributed by atoms with Gasteiger partial charge in [-0.1, -0.05) is 91.8 Å². The van der Waals surface area contributed by atoms with Crippen LogP contribution in [0.15, 0.2) is 102 Å². The molecule has 2 unspecified atom stereocenters. The Balaban J connectivity index is 3.12. The molecule has 0 spiro atoms. The van der Waals surface area contributed by atoms with Gasteiger partial charge in [0.1, 0.15) is 0 Å². The van der Waals surface area contributed by atoms with E-state index in [9.17, 15) is 9.70 Å². The second kappa shape index (κ2) is 20.9. The number of nitrogens with two attached hydrogens (primary N) is 1. The highest BCUT2D eigenvalue weighted by Gasteiger charge is 2.39. The summed E-state index contributed by atoms with van der Waals surface area (Å²) in [5.41, 5.74) is 11.5. The Labute approximate surface area is 262 Å². The van der Waals surface area contributed by atoms with Crippen LogP contribution in [0.25, 0.3) is 0 Å². The van der Waals surface area contributed by atoms with Crippen molar-refractivity contribution in [3.05, 3.63) is 101 Å². The Kier molecular flexibility index (Phi) is 18.6. The third-order valence-corrected chi connectivity index (χ3v) is 8.76.